The molecule has 1 aliphatic rings. The van der Waals surface area contributed by atoms with E-state index in [-0.39, 0.29) is 17.6 Å². The molecule has 2 heterocycles. The summed E-state index contributed by atoms with van der Waals surface area (Å²) in [5.74, 6) is 0.343. The lowest BCUT2D eigenvalue weighted by molar-refractivity contribution is 0.0677. The van der Waals surface area contributed by atoms with Gasteiger partial charge in [0.05, 0.1) is 0 Å². The van der Waals surface area contributed by atoms with E-state index in [0.29, 0.717) is 36.7 Å². The number of hydrogen-bond acceptors (Lipinski definition) is 3. The number of rotatable bonds is 7. The quantitative estimate of drug-likeness (QED) is 0.391. The Morgan fingerprint density at radius 2 is 1.81 bits per heavy atom. The Hall–Kier alpha value is -3.19. The molecule has 1 fully saturated rings. The number of carbonyl (C=O) groups is 1. The van der Waals surface area contributed by atoms with Crippen molar-refractivity contribution in [3.63, 3.8) is 0 Å². The molecule has 0 bridgehead atoms. The van der Waals surface area contributed by atoms with Gasteiger partial charge in [0.1, 0.15) is 17.3 Å². The van der Waals surface area contributed by atoms with Crippen LogP contribution in [-0.4, -0.2) is 40.8 Å². The second-order valence-electron chi connectivity index (χ2n) is 8.56. The van der Waals surface area contributed by atoms with Crippen LogP contribution in [0.1, 0.15) is 40.9 Å². The average molecular weight is 436 g/mol. The lowest BCUT2D eigenvalue weighted by Crippen LogP contribution is -2.39. The Morgan fingerprint density at radius 3 is 2.47 bits per heavy atom. The number of fused-ring (bicyclic) bond motifs is 1. The smallest absolute Gasteiger partial charge is 0.270 e. The van der Waals surface area contributed by atoms with E-state index in [1.807, 2.05) is 33.7 Å². The van der Waals surface area contributed by atoms with Crippen LogP contribution in [0.5, 0.6) is 0 Å². The minimum Gasteiger partial charge on any atom is -0.384 e. The normalized spacial score (nSPS) is 14.8. The number of amides is 1. The van der Waals surface area contributed by atoms with Gasteiger partial charge in [-0.15, -0.1) is 0 Å². The number of amidine groups is 1. The number of halogens is 1. The number of aromatic nitrogens is 1. The van der Waals surface area contributed by atoms with E-state index in [4.69, 9.17) is 16.9 Å². The number of nitrogens with one attached hydrogen (secondary N) is 1. The van der Waals surface area contributed by atoms with Crippen molar-refractivity contribution in [3.05, 3.63) is 71.2 Å². The highest BCUT2D eigenvalue weighted by Crippen LogP contribution is 2.26. The van der Waals surface area contributed by atoms with E-state index >= 15 is 0 Å². The standard InChI is InChI=1S/C25H30FN5O/c26-21-5-1-17(2-6-21)10-14-31-22-16-20(24(28)29)4-3-19(22)15-23(31)25(32)30-12-8-18(7-11-27)9-13-30/h1-6,15-16,18H,7-14,27H2,(H3,28,29). The topological polar surface area (TPSA) is 101 Å². The molecule has 1 aromatic heterocycles. The zero-order valence-corrected chi connectivity index (χ0v) is 18.2. The van der Waals surface area contributed by atoms with Crippen LogP contribution < -0.4 is 11.5 Å². The number of nitrogens with two attached hydrogens (primary N) is 2. The Bertz CT molecular complexity index is 1110. The van der Waals surface area contributed by atoms with Gasteiger partial charge in [-0.2, -0.15) is 0 Å². The maximum atomic E-state index is 13.5. The van der Waals surface area contributed by atoms with Crippen LogP contribution in [0.25, 0.3) is 10.9 Å². The van der Waals surface area contributed by atoms with Gasteiger partial charge in [-0.05, 0) is 68.0 Å². The van der Waals surface area contributed by atoms with Crippen LogP contribution in [0.4, 0.5) is 4.39 Å². The van der Waals surface area contributed by atoms with Crippen molar-refractivity contribution in [1.29, 1.82) is 5.41 Å². The van der Waals surface area contributed by atoms with Crippen molar-refractivity contribution >= 4 is 22.6 Å². The van der Waals surface area contributed by atoms with E-state index in [9.17, 15) is 9.18 Å². The molecule has 5 N–H and O–H groups in total. The van der Waals surface area contributed by atoms with Crippen molar-refractivity contribution < 1.29 is 9.18 Å². The molecule has 0 atom stereocenters. The molecule has 0 radical (unpaired) electrons. The molecule has 7 heteroatoms. The lowest BCUT2D eigenvalue weighted by Gasteiger charge is -2.32. The maximum Gasteiger partial charge on any atom is 0.270 e. The Labute approximate surface area is 187 Å². The third kappa shape index (κ3) is 4.67. The summed E-state index contributed by atoms with van der Waals surface area (Å²) < 4.78 is 15.3. The van der Waals surface area contributed by atoms with Crippen molar-refractivity contribution in [2.45, 2.75) is 32.2 Å². The summed E-state index contributed by atoms with van der Waals surface area (Å²) in [7, 11) is 0. The van der Waals surface area contributed by atoms with Gasteiger partial charge in [0.15, 0.2) is 0 Å². The van der Waals surface area contributed by atoms with Crippen LogP contribution in [-0.2, 0) is 13.0 Å². The van der Waals surface area contributed by atoms with Crippen molar-refractivity contribution in [2.24, 2.45) is 17.4 Å². The average Bonchev–Trinajstić information content (AvgIpc) is 3.16. The van der Waals surface area contributed by atoms with Gasteiger partial charge < -0.3 is 20.9 Å². The van der Waals surface area contributed by atoms with Gasteiger partial charge in [0.2, 0.25) is 0 Å². The molecule has 1 amide bonds. The third-order valence-corrected chi connectivity index (χ3v) is 6.45. The first-order valence-corrected chi connectivity index (χ1v) is 11.2. The summed E-state index contributed by atoms with van der Waals surface area (Å²) in [5.41, 5.74) is 14.5. The number of carbonyl (C=O) groups excluding carboxylic acids is 1. The largest absolute Gasteiger partial charge is 0.384 e. The molecule has 0 unspecified atom stereocenters. The molecular formula is C25H30FN5O. The number of piperidine rings is 1. The van der Waals surface area contributed by atoms with E-state index in [1.54, 1.807) is 12.1 Å². The highest BCUT2D eigenvalue weighted by molar-refractivity contribution is 6.02. The van der Waals surface area contributed by atoms with Crippen molar-refractivity contribution in [2.75, 3.05) is 19.6 Å². The zero-order valence-electron chi connectivity index (χ0n) is 18.2. The monoisotopic (exact) mass is 435 g/mol. The molecule has 3 aromatic rings. The van der Waals surface area contributed by atoms with E-state index < -0.39 is 0 Å². The van der Waals surface area contributed by atoms with Gasteiger partial charge >= 0.3 is 0 Å². The van der Waals surface area contributed by atoms with Crippen LogP contribution in [0.3, 0.4) is 0 Å². The number of nitrogen functional groups attached to an aromatic ring is 1. The second-order valence-corrected chi connectivity index (χ2v) is 8.56. The van der Waals surface area contributed by atoms with Gasteiger partial charge in [-0.3, -0.25) is 10.2 Å². The predicted octanol–water partition coefficient (Wildman–Crippen LogP) is 3.51. The minimum atomic E-state index is -0.264. The highest BCUT2D eigenvalue weighted by Gasteiger charge is 2.26. The Morgan fingerprint density at radius 1 is 1.09 bits per heavy atom. The fourth-order valence-corrected chi connectivity index (χ4v) is 4.55. The number of nitrogens with zero attached hydrogens (tertiary/aromatic N) is 2. The Balaban J connectivity index is 1.64. The first kappa shape index (κ1) is 22.0. The number of hydrogen-bond donors (Lipinski definition) is 3. The predicted molar refractivity (Wildman–Crippen MR) is 125 cm³/mol. The van der Waals surface area contributed by atoms with Crippen LogP contribution >= 0.6 is 0 Å². The molecule has 1 aliphatic heterocycles. The van der Waals surface area contributed by atoms with Gasteiger partial charge in [0, 0.05) is 36.1 Å². The molecule has 4 rings (SSSR count). The summed E-state index contributed by atoms with van der Waals surface area (Å²) in [6.07, 6.45) is 3.63. The van der Waals surface area contributed by atoms with Crippen molar-refractivity contribution in [3.8, 4) is 0 Å². The van der Waals surface area contributed by atoms with Gasteiger partial charge in [0.25, 0.3) is 5.91 Å². The fourth-order valence-electron chi connectivity index (χ4n) is 4.55. The number of aryl methyl sites for hydroxylation is 2. The minimum absolute atomic E-state index is 0.00645. The lowest BCUT2D eigenvalue weighted by atomic mass is 9.93. The van der Waals surface area contributed by atoms with E-state index in [0.717, 1.165) is 48.8 Å². The molecule has 168 valence electrons. The summed E-state index contributed by atoms with van der Waals surface area (Å²) in [6.45, 7) is 2.74. The Kier molecular flexibility index (Phi) is 6.55. The van der Waals surface area contributed by atoms with E-state index in [2.05, 4.69) is 0 Å². The molecule has 6 nitrogen and oxygen atoms in total. The van der Waals surface area contributed by atoms with Crippen LogP contribution in [0, 0.1) is 17.1 Å². The van der Waals surface area contributed by atoms with Crippen LogP contribution in [0.2, 0.25) is 0 Å². The molecule has 1 saturated heterocycles. The van der Waals surface area contributed by atoms with Crippen LogP contribution in [0.15, 0.2) is 48.5 Å². The first-order valence-electron chi connectivity index (χ1n) is 11.2. The highest BCUT2D eigenvalue weighted by atomic mass is 19.1. The molecule has 0 aliphatic carbocycles. The summed E-state index contributed by atoms with van der Waals surface area (Å²) >= 11 is 0. The fraction of sp³-hybridized carbons (Fsp3) is 0.360. The maximum absolute atomic E-state index is 13.5. The first-order chi connectivity index (χ1) is 15.5. The van der Waals surface area contributed by atoms with Crippen molar-refractivity contribution in [1.82, 2.24) is 9.47 Å². The SMILES string of the molecule is N=C(N)c1ccc2cc(C(=O)N3CCC(CCN)CC3)n(CCc3ccc(F)cc3)c2c1. The molecule has 32 heavy (non-hydrogen) atoms. The van der Waals surface area contributed by atoms with E-state index in [1.165, 1.54) is 12.1 Å². The zero-order chi connectivity index (χ0) is 22.7. The number of likely N-dealkylation sites (tertiary alicyclic amines) is 1. The molecule has 0 saturated carbocycles. The number of benzene rings is 2. The van der Waals surface area contributed by atoms with Gasteiger partial charge in [-0.1, -0.05) is 24.3 Å². The molecule has 2 aromatic carbocycles. The summed E-state index contributed by atoms with van der Waals surface area (Å²) in [5, 5.41) is 8.73. The second kappa shape index (κ2) is 9.53. The molecular weight excluding hydrogens is 405 g/mol. The summed E-state index contributed by atoms with van der Waals surface area (Å²) in [6, 6.07) is 14.0. The molecule has 0 spiro atoms. The van der Waals surface area contributed by atoms with Gasteiger partial charge in [-0.25, -0.2) is 4.39 Å². The third-order valence-electron chi connectivity index (χ3n) is 6.45. The summed E-state index contributed by atoms with van der Waals surface area (Å²) in [4.78, 5) is 15.4.